The number of hydrogen-bond acceptors (Lipinski definition) is 6. The quantitative estimate of drug-likeness (QED) is 0.377. The van der Waals surface area contributed by atoms with Gasteiger partial charge in [-0.2, -0.15) is 4.52 Å². The summed E-state index contributed by atoms with van der Waals surface area (Å²) in [6.07, 6.45) is 8.38. The van der Waals surface area contributed by atoms with E-state index in [1.165, 1.54) is 0 Å². The number of halogens is 1. The Hall–Kier alpha value is -4.11. The van der Waals surface area contributed by atoms with Gasteiger partial charge in [-0.15, -0.1) is 0 Å². The van der Waals surface area contributed by atoms with Crippen LogP contribution in [0, 0.1) is 0 Å². The van der Waals surface area contributed by atoms with E-state index < -0.39 is 0 Å². The second kappa shape index (κ2) is 8.03. The Morgan fingerprint density at radius 3 is 2.82 bits per heavy atom. The lowest BCUT2D eigenvalue weighted by molar-refractivity contribution is 0.600. The lowest BCUT2D eigenvalue weighted by Gasteiger charge is -2.22. The minimum atomic E-state index is -0.119. The predicted molar refractivity (Wildman–Crippen MR) is 129 cm³/mol. The van der Waals surface area contributed by atoms with Gasteiger partial charge in [0.2, 0.25) is 0 Å². The molecule has 1 atom stereocenters. The molecule has 0 saturated carbocycles. The van der Waals surface area contributed by atoms with E-state index in [1.807, 2.05) is 66.9 Å². The smallest absolute Gasteiger partial charge is 0.274 e. The van der Waals surface area contributed by atoms with Crippen LogP contribution >= 0.6 is 11.6 Å². The summed E-state index contributed by atoms with van der Waals surface area (Å²) in [5, 5.41) is 13.6. The number of imidazole rings is 2. The fourth-order valence-corrected chi connectivity index (χ4v) is 4.67. The van der Waals surface area contributed by atoms with Gasteiger partial charge in [0.15, 0.2) is 0 Å². The first-order valence-electron chi connectivity index (χ1n) is 10.9. The van der Waals surface area contributed by atoms with Gasteiger partial charge in [0.25, 0.3) is 5.78 Å². The van der Waals surface area contributed by atoms with Crippen molar-refractivity contribution in [3.8, 4) is 11.3 Å². The Balaban J connectivity index is 1.65. The molecular formula is C24H20ClN9. The predicted octanol–water partition coefficient (Wildman–Crippen LogP) is 4.12. The van der Waals surface area contributed by atoms with Crippen molar-refractivity contribution < 1.29 is 0 Å². The molecular weight excluding hydrogens is 450 g/mol. The second-order valence-electron chi connectivity index (χ2n) is 8.07. The molecule has 6 rings (SSSR count). The molecule has 0 radical (unpaired) electrons. The van der Waals surface area contributed by atoms with Crippen LogP contribution in [0.25, 0.3) is 27.9 Å². The number of hydrogen-bond donors (Lipinski definition) is 0. The Kier molecular flexibility index (Phi) is 4.84. The molecule has 0 bridgehead atoms. The second-order valence-corrected chi connectivity index (χ2v) is 8.51. The minimum absolute atomic E-state index is 0.119. The SMILES string of the molecule is CCc1nccn1C(c1ccc2c(c1)c(-c1cccc(Cl)c1)nc1nnnn12)c1cncn1C. The van der Waals surface area contributed by atoms with Crippen LogP contribution in [0.3, 0.4) is 0 Å². The summed E-state index contributed by atoms with van der Waals surface area (Å²) in [7, 11) is 2.00. The van der Waals surface area contributed by atoms with Crippen molar-refractivity contribution in [2.75, 3.05) is 0 Å². The summed E-state index contributed by atoms with van der Waals surface area (Å²) in [4.78, 5) is 13.7. The van der Waals surface area contributed by atoms with Gasteiger partial charge >= 0.3 is 0 Å². The number of aryl methyl sites for hydroxylation is 2. The molecule has 0 fully saturated rings. The lowest BCUT2D eigenvalue weighted by Crippen LogP contribution is -2.17. The molecule has 0 aliphatic rings. The molecule has 0 aliphatic heterocycles. The molecule has 0 N–H and O–H groups in total. The average Bonchev–Trinajstić information content (AvgIpc) is 3.60. The standard InChI is InChI=1S/C24H20ClN9/c1-3-21-27-9-10-33(21)23(20-13-26-14-32(20)2)16-7-8-19-18(12-16)22(15-5-4-6-17(25)11-15)28-24-29-30-31-34(19)24/h4-14,23H,3H2,1-2H3. The maximum atomic E-state index is 6.32. The highest BCUT2D eigenvalue weighted by molar-refractivity contribution is 6.30. The summed E-state index contributed by atoms with van der Waals surface area (Å²) in [6, 6.07) is 13.8. The number of benzene rings is 2. The Morgan fingerprint density at radius 1 is 1.12 bits per heavy atom. The van der Waals surface area contributed by atoms with E-state index in [-0.39, 0.29) is 6.04 Å². The molecule has 34 heavy (non-hydrogen) atoms. The van der Waals surface area contributed by atoms with Gasteiger partial charge in [-0.3, -0.25) is 0 Å². The number of nitrogens with zero attached hydrogens (tertiary/aromatic N) is 9. The van der Waals surface area contributed by atoms with Gasteiger partial charge in [-0.25, -0.2) is 15.0 Å². The first kappa shape index (κ1) is 20.5. The van der Waals surface area contributed by atoms with Crippen LogP contribution in [0.2, 0.25) is 5.02 Å². The van der Waals surface area contributed by atoms with Crippen LogP contribution in [0.15, 0.2) is 67.4 Å². The van der Waals surface area contributed by atoms with E-state index in [0.29, 0.717) is 10.8 Å². The monoisotopic (exact) mass is 469 g/mol. The van der Waals surface area contributed by atoms with Crippen molar-refractivity contribution in [1.29, 1.82) is 0 Å². The lowest BCUT2D eigenvalue weighted by atomic mass is 9.98. The largest absolute Gasteiger partial charge is 0.336 e. The number of aromatic nitrogens is 9. The summed E-state index contributed by atoms with van der Waals surface area (Å²) in [5.41, 5.74) is 4.65. The van der Waals surface area contributed by atoms with Gasteiger partial charge < -0.3 is 9.13 Å². The fourth-order valence-electron chi connectivity index (χ4n) is 4.48. The maximum absolute atomic E-state index is 6.32. The summed E-state index contributed by atoms with van der Waals surface area (Å²) in [6.45, 7) is 2.11. The highest BCUT2D eigenvalue weighted by Crippen LogP contribution is 2.34. The van der Waals surface area contributed by atoms with E-state index in [2.05, 4.69) is 49.1 Å². The van der Waals surface area contributed by atoms with Gasteiger partial charge in [0.1, 0.15) is 11.9 Å². The highest BCUT2D eigenvalue weighted by atomic mass is 35.5. The van der Waals surface area contributed by atoms with E-state index in [4.69, 9.17) is 16.6 Å². The summed E-state index contributed by atoms with van der Waals surface area (Å²) >= 11 is 6.32. The molecule has 4 aromatic heterocycles. The number of tetrazole rings is 1. The molecule has 1 unspecified atom stereocenters. The molecule has 0 amide bonds. The first-order valence-corrected chi connectivity index (χ1v) is 11.3. The van der Waals surface area contributed by atoms with Gasteiger partial charge in [0.05, 0.1) is 29.4 Å². The van der Waals surface area contributed by atoms with E-state index in [9.17, 15) is 0 Å². The molecule has 2 aromatic carbocycles. The van der Waals surface area contributed by atoms with Crippen LogP contribution in [0.4, 0.5) is 0 Å². The van der Waals surface area contributed by atoms with Crippen LogP contribution in [-0.2, 0) is 13.5 Å². The van der Waals surface area contributed by atoms with Crippen molar-refractivity contribution in [2.45, 2.75) is 19.4 Å². The molecule has 6 aromatic rings. The molecule has 0 spiro atoms. The zero-order valence-electron chi connectivity index (χ0n) is 18.5. The van der Waals surface area contributed by atoms with Crippen molar-refractivity contribution in [1.82, 2.24) is 44.1 Å². The Labute approximate surface area is 199 Å². The molecule has 10 heteroatoms. The molecule has 168 valence electrons. The van der Waals surface area contributed by atoms with Gasteiger partial charge in [0, 0.05) is 41.8 Å². The molecule has 0 aliphatic carbocycles. The van der Waals surface area contributed by atoms with Gasteiger partial charge in [-0.1, -0.05) is 41.8 Å². The van der Waals surface area contributed by atoms with E-state index >= 15 is 0 Å². The van der Waals surface area contributed by atoms with E-state index in [1.54, 1.807) is 4.52 Å². The van der Waals surface area contributed by atoms with Crippen molar-refractivity contribution in [3.63, 3.8) is 0 Å². The zero-order chi connectivity index (χ0) is 23.2. The average molecular weight is 470 g/mol. The molecule has 4 heterocycles. The normalized spacial score (nSPS) is 12.6. The van der Waals surface area contributed by atoms with Gasteiger partial charge in [-0.05, 0) is 40.3 Å². The summed E-state index contributed by atoms with van der Waals surface area (Å²) < 4.78 is 5.89. The number of fused-ring (bicyclic) bond motifs is 3. The van der Waals surface area contributed by atoms with Crippen molar-refractivity contribution in [3.05, 3.63) is 89.5 Å². The Morgan fingerprint density at radius 2 is 2.03 bits per heavy atom. The minimum Gasteiger partial charge on any atom is -0.336 e. The Bertz CT molecular complexity index is 1650. The van der Waals surface area contributed by atoms with Crippen LogP contribution in [-0.4, -0.2) is 44.1 Å². The number of rotatable bonds is 5. The van der Waals surface area contributed by atoms with Crippen molar-refractivity contribution >= 4 is 28.3 Å². The third kappa shape index (κ3) is 3.24. The topological polar surface area (TPSA) is 91.6 Å². The fraction of sp³-hybridized carbons (Fsp3) is 0.167. The van der Waals surface area contributed by atoms with E-state index in [0.717, 1.165) is 45.7 Å². The zero-order valence-corrected chi connectivity index (χ0v) is 19.3. The van der Waals surface area contributed by atoms with Crippen LogP contribution in [0.5, 0.6) is 0 Å². The van der Waals surface area contributed by atoms with Crippen LogP contribution in [0.1, 0.15) is 30.0 Å². The highest BCUT2D eigenvalue weighted by Gasteiger charge is 2.23. The molecule has 9 nitrogen and oxygen atoms in total. The maximum Gasteiger partial charge on any atom is 0.274 e. The van der Waals surface area contributed by atoms with Crippen LogP contribution < -0.4 is 0 Å². The first-order chi connectivity index (χ1) is 16.6. The third-order valence-electron chi connectivity index (χ3n) is 6.06. The van der Waals surface area contributed by atoms with Crippen molar-refractivity contribution in [2.24, 2.45) is 7.05 Å². The third-order valence-corrected chi connectivity index (χ3v) is 6.30. The molecule has 0 saturated heterocycles. The summed E-state index contributed by atoms with van der Waals surface area (Å²) in [5.74, 6) is 1.43.